The van der Waals surface area contributed by atoms with Gasteiger partial charge in [0.05, 0.1) is 26.0 Å². The normalized spacial score (nSPS) is 16.4. The zero-order valence-electron chi connectivity index (χ0n) is 16.9. The van der Waals surface area contributed by atoms with Gasteiger partial charge in [-0.25, -0.2) is 4.68 Å². The molecule has 1 aliphatic rings. The average Bonchev–Trinajstić information content (AvgIpc) is 3.33. The van der Waals surface area contributed by atoms with Crippen LogP contribution >= 0.6 is 0 Å². The fraction of sp³-hybridized carbons (Fsp3) is 0.333. The number of nitrogens with zero attached hydrogens (tertiary/aromatic N) is 5. The molecule has 2 aromatic carbocycles. The molecule has 156 valence electrons. The molecule has 1 aliphatic heterocycles. The number of carbonyl (C=O) groups is 1. The molecule has 0 spiro atoms. The summed E-state index contributed by atoms with van der Waals surface area (Å²) in [5.41, 5.74) is 2.83. The van der Waals surface area contributed by atoms with E-state index in [9.17, 15) is 9.90 Å². The van der Waals surface area contributed by atoms with Crippen molar-refractivity contribution in [2.75, 3.05) is 27.3 Å². The summed E-state index contributed by atoms with van der Waals surface area (Å²) in [6, 6.07) is 11.1. The van der Waals surface area contributed by atoms with Gasteiger partial charge in [0, 0.05) is 18.7 Å². The van der Waals surface area contributed by atoms with E-state index in [1.807, 2.05) is 30.3 Å². The summed E-state index contributed by atoms with van der Waals surface area (Å²) in [5, 5.41) is 21.3. The molecule has 1 saturated heterocycles. The molecule has 2 heterocycles. The molecule has 1 N–H and O–H groups in total. The lowest BCUT2D eigenvalue weighted by molar-refractivity contribution is 0.0474. The van der Waals surface area contributed by atoms with Crippen LogP contribution in [0.25, 0.3) is 16.8 Å². The first-order valence-electron chi connectivity index (χ1n) is 9.67. The van der Waals surface area contributed by atoms with Gasteiger partial charge in [-0.05, 0) is 64.7 Å². The highest BCUT2D eigenvalue weighted by molar-refractivity contribution is 5.96. The maximum Gasteiger partial charge on any atom is 0.254 e. The van der Waals surface area contributed by atoms with E-state index in [0.29, 0.717) is 42.3 Å². The van der Waals surface area contributed by atoms with E-state index in [2.05, 4.69) is 15.5 Å². The van der Waals surface area contributed by atoms with Gasteiger partial charge in [0.15, 0.2) is 11.5 Å². The number of methoxy groups -OCH3 is 2. The molecular formula is C21H23N5O4. The SMILES string of the molecule is COc1ccc(-c2cc(C(=O)N3CCCC(O)C3)cc(-n3cnnn3)c2)cc1OC. The van der Waals surface area contributed by atoms with Crippen LogP contribution in [0.1, 0.15) is 23.2 Å². The van der Waals surface area contributed by atoms with Gasteiger partial charge in [0.2, 0.25) is 0 Å². The number of piperidine rings is 1. The van der Waals surface area contributed by atoms with E-state index < -0.39 is 6.10 Å². The second-order valence-electron chi connectivity index (χ2n) is 7.14. The van der Waals surface area contributed by atoms with Gasteiger partial charge in [-0.1, -0.05) is 6.07 Å². The second-order valence-corrected chi connectivity index (χ2v) is 7.14. The van der Waals surface area contributed by atoms with E-state index >= 15 is 0 Å². The van der Waals surface area contributed by atoms with Crippen LogP contribution in [0.15, 0.2) is 42.7 Å². The molecule has 0 saturated carbocycles. The molecule has 1 unspecified atom stereocenters. The number of amides is 1. The van der Waals surface area contributed by atoms with Gasteiger partial charge in [0.25, 0.3) is 5.91 Å². The van der Waals surface area contributed by atoms with Crippen molar-refractivity contribution < 1.29 is 19.4 Å². The fourth-order valence-corrected chi connectivity index (χ4v) is 3.65. The van der Waals surface area contributed by atoms with Crippen molar-refractivity contribution in [2.45, 2.75) is 18.9 Å². The lowest BCUT2D eigenvalue weighted by atomic mass is 10.00. The molecule has 0 radical (unpaired) electrons. The van der Waals surface area contributed by atoms with Gasteiger partial charge in [-0.3, -0.25) is 4.79 Å². The molecule has 1 atom stereocenters. The zero-order chi connectivity index (χ0) is 21.1. The van der Waals surface area contributed by atoms with E-state index in [1.165, 1.54) is 11.0 Å². The number of hydrogen-bond donors (Lipinski definition) is 1. The van der Waals surface area contributed by atoms with Gasteiger partial charge >= 0.3 is 0 Å². The Labute approximate surface area is 173 Å². The molecule has 4 rings (SSSR count). The Morgan fingerprint density at radius 1 is 1.10 bits per heavy atom. The van der Waals surface area contributed by atoms with Gasteiger partial charge in [-0.15, -0.1) is 5.10 Å². The number of aliphatic hydroxyl groups excluding tert-OH is 1. The molecule has 9 heteroatoms. The summed E-state index contributed by atoms with van der Waals surface area (Å²) in [6.45, 7) is 0.955. The highest BCUT2D eigenvalue weighted by atomic mass is 16.5. The van der Waals surface area contributed by atoms with Crippen LogP contribution in [0.4, 0.5) is 0 Å². The zero-order valence-corrected chi connectivity index (χ0v) is 16.9. The van der Waals surface area contributed by atoms with Crippen LogP contribution in [0.2, 0.25) is 0 Å². The topological polar surface area (TPSA) is 103 Å². The van der Waals surface area contributed by atoms with Crippen LogP contribution < -0.4 is 9.47 Å². The maximum atomic E-state index is 13.2. The number of benzene rings is 2. The third-order valence-corrected chi connectivity index (χ3v) is 5.18. The predicted molar refractivity (Wildman–Crippen MR) is 109 cm³/mol. The summed E-state index contributed by atoms with van der Waals surface area (Å²) in [7, 11) is 3.16. The number of carbonyl (C=O) groups excluding carboxylic acids is 1. The standard InChI is InChI=1S/C21H23N5O4/c1-29-19-6-5-14(11-20(19)30-2)15-8-16(10-17(9-15)26-13-22-23-24-26)21(28)25-7-3-4-18(27)12-25/h5-6,8-11,13,18,27H,3-4,7,12H2,1-2H3. The van der Waals surface area contributed by atoms with Gasteiger partial charge in [0.1, 0.15) is 6.33 Å². The molecule has 0 bridgehead atoms. The number of ether oxygens (including phenoxy) is 2. The van der Waals surface area contributed by atoms with Crippen molar-refractivity contribution in [3.05, 3.63) is 48.3 Å². The Bertz CT molecular complexity index is 1040. The molecule has 9 nitrogen and oxygen atoms in total. The average molecular weight is 409 g/mol. The minimum Gasteiger partial charge on any atom is -0.493 e. The van der Waals surface area contributed by atoms with Crippen LogP contribution in [0.5, 0.6) is 11.5 Å². The Morgan fingerprint density at radius 3 is 2.63 bits per heavy atom. The largest absolute Gasteiger partial charge is 0.493 e. The predicted octanol–water partition coefficient (Wildman–Crippen LogP) is 1.94. The first kappa shape index (κ1) is 19.8. The Morgan fingerprint density at radius 2 is 1.93 bits per heavy atom. The Kier molecular flexibility index (Phi) is 5.62. The van der Waals surface area contributed by atoms with Crippen molar-refractivity contribution in [3.63, 3.8) is 0 Å². The minimum atomic E-state index is -0.490. The first-order chi connectivity index (χ1) is 14.6. The van der Waals surface area contributed by atoms with Crippen molar-refractivity contribution in [3.8, 4) is 28.3 Å². The molecule has 30 heavy (non-hydrogen) atoms. The van der Waals surface area contributed by atoms with Crippen LogP contribution in [0.3, 0.4) is 0 Å². The summed E-state index contributed by atoms with van der Waals surface area (Å²) in [5.74, 6) is 1.08. The van der Waals surface area contributed by atoms with Crippen LogP contribution in [-0.2, 0) is 0 Å². The van der Waals surface area contributed by atoms with Crippen molar-refractivity contribution >= 4 is 5.91 Å². The molecule has 0 aliphatic carbocycles. The third kappa shape index (κ3) is 3.97. The van der Waals surface area contributed by atoms with E-state index in [4.69, 9.17) is 9.47 Å². The van der Waals surface area contributed by atoms with Crippen LogP contribution in [0, 0.1) is 0 Å². The van der Waals surface area contributed by atoms with E-state index in [0.717, 1.165) is 17.5 Å². The molecule has 1 amide bonds. The summed E-state index contributed by atoms with van der Waals surface area (Å²) < 4.78 is 12.2. The Balaban J connectivity index is 1.78. The second kappa shape index (κ2) is 8.50. The number of tetrazole rings is 1. The number of likely N-dealkylation sites (tertiary alicyclic amines) is 1. The number of aliphatic hydroxyl groups is 1. The monoisotopic (exact) mass is 409 g/mol. The first-order valence-corrected chi connectivity index (χ1v) is 9.67. The number of aromatic nitrogens is 4. The highest BCUT2D eigenvalue weighted by Gasteiger charge is 2.24. The third-order valence-electron chi connectivity index (χ3n) is 5.18. The lowest BCUT2D eigenvalue weighted by Crippen LogP contribution is -2.42. The summed E-state index contributed by atoms with van der Waals surface area (Å²) in [6.07, 6.45) is 2.48. The Hall–Kier alpha value is -3.46. The number of hydrogen-bond acceptors (Lipinski definition) is 7. The summed E-state index contributed by atoms with van der Waals surface area (Å²) in [4.78, 5) is 14.9. The molecule has 1 aromatic heterocycles. The lowest BCUT2D eigenvalue weighted by Gasteiger charge is -2.30. The highest BCUT2D eigenvalue weighted by Crippen LogP contribution is 2.33. The van der Waals surface area contributed by atoms with Gasteiger partial charge < -0.3 is 19.5 Å². The van der Waals surface area contributed by atoms with E-state index in [-0.39, 0.29) is 5.91 Å². The van der Waals surface area contributed by atoms with Gasteiger partial charge in [-0.2, -0.15) is 0 Å². The van der Waals surface area contributed by atoms with Crippen molar-refractivity contribution in [1.29, 1.82) is 0 Å². The minimum absolute atomic E-state index is 0.134. The van der Waals surface area contributed by atoms with Crippen molar-refractivity contribution in [1.82, 2.24) is 25.1 Å². The molecule has 3 aromatic rings. The smallest absolute Gasteiger partial charge is 0.254 e. The van der Waals surface area contributed by atoms with E-state index in [1.54, 1.807) is 25.2 Å². The van der Waals surface area contributed by atoms with Crippen LogP contribution in [-0.4, -0.2) is 69.5 Å². The maximum absolute atomic E-state index is 13.2. The quantitative estimate of drug-likeness (QED) is 0.687. The number of rotatable bonds is 5. The van der Waals surface area contributed by atoms with Crippen molar-refractivity contribution in [2.24, 2.45) is 0 Å². The molecular weight excluding hydrogens is 386 g/mol. The fourth-order valence-electron chi connectivity index (χ4n) is 3.65. The molecule has 1 fully saturated rings. The summed E-state index contributed by atoms with van der Waals surface area (Å²) >= 11 is 0. The number of β-amino-alcohol motifs (C(OH)–C–C–N with tert-alkyl or cyclic N) is 1.